The molecule has 8 aliphatic rings. The molecule has 8 fully saturated rings. The van der Waals surface area contributed by atoms with Crippen LogP contribution in [-0.2, 0) is 40.9 Å². The Labute approximate surface area is 371 Å². The normalized spacial score (nSPS) is 28.3. The van der Waals surface area contributed by atoms with E-state index in [2.05, 4.69) is 39.3 Å². The molecule has 15 rings (SSSR count). The molecule has 3 N–H and O–H groups in total. The van der Waals surface area contributed by atoms with Gasteiger partial charge in [0.15, 0.2) is 11.3 Å². The Balaban J connectivity index is 0.000000142. The number of nitrogens with one attached hydrogen (secondary N) is 3. The largest absolute Gasteiger partial charge is 0.345 e. The van der Waals surface area contributed by atoms with E-state index in [1.807, 2.05) is 25.5 Å². The molecule has 0 unspecified atom stereocenters. The minimum Gasteiger partial charge on any atom is -0.345 e. The maximum Gasteiger partial charge on any atom is 0.269 e. The number of hydrogen-bond acceptors (Lipinski definition) is 10. The third kappa shape index (κ3) is 6.41. The molecular formula is C45H52N10O6S3. The van der Waals surface area contributed by atoms with Crippen molar-refractivity contribution < 1.29 is 25.3 Å². The number of nitrogens with zero attached hydrogens (tertiary/aromatic N) is 7. The van der Waals surface area contributed by atoms with Crippen LogP contribution in [0, 0.1) is 6.92 Å². The Morgan fingerprint density at radius 2 is 1.05 bits per heavy atom. The molecule has 8 aliphatic carbocycles. The summed E-state index contributed by atoms with van der Waals surface area (Å²) in [5, 5.41) is -0.362. The number of aromatic nitrogens is 8. The van der Waals surface area contributed by atoms with E-state index in [-0.39, 0.29) is 37.3 Å². The van der Waals surface area contributed by atoms with Gasteiger partial charge in [-0.25, -0.2) is 58.6 Å². The number of fused-ring (bicyclic) bond motifs is 12. The number of H-pyrrole nitrogens is 1. The topological polar surface area (TPSA) is 208 Å². The first-order chi connectivity index (χ1) is 30.6. The summed E-state index contributed by atoms with van der Waals surface area (Å²) >= 11 is 0. The van der Waals surface area contributed by atoms with Gasteiger partial charge in [-0.3, -0.25) is 8.80 Å². The van der Waals surface area contributed by atoms with E-state index in [1.165, 1.54) is 3.97 Å². The van der Waals surface area contributed by atoms with E-state index in [1.54, 1.807) is 48.9 Å². The Morgan fingerprint density at radius 1 is 0.578 bits per heavy atom. The van der Waals surface area contributed by atoms with Crippen LogP contribution in [0.1, 0.15) is 120 Å². The van der Waals surface area contributed by atoms with Gasteiger partial charge in [0.05, 0.1) is 62.2 Å². The molecule has 7 aromatic rings. The molecule has 6 heterocycles. The van der Waals surface area contributed by atoms with Crippen molar-refractivity contribution in [2.24, 2.45) is 0 Å². The van der Waals surface area contributed by atoms with Gasteiger partial charge in [0.25, 0.3) is 10.0 Å². The summed E-state index contributed by atoms with van der Waals surface area (Å²) in [5.41, 5.74) is 5.09. The zero-order valence-corrected chi connectivity index (χ0v) is 38.2. The quantitative estimate of drug-likeness (QED) is 0.140. The van der Waals surface area contributed by atoms with E-state index < -0.39 is 30.1 Å². The Morgan fingerprint density at radius 3 is 1.55 bits per heavy atom. The van der Waals surface area contributed by atoms with Crippen LogP contribution < -0.4 is 9.44 Å². The molecule has 0 radical (unpaired) electrons. The smallest absolute Gasteiger partial charge is 0.269 e. The second-order valence-electron chi connectivity index (χ2n) is 19.9. The summed E-state index contributed by atoms with van der Waals surface area (Å²) in [6, 6.07) is 10.6. The van der Waals surface area contributed by atoms with E-state index in [4.69, 9.17) is 9.97 Å². The lowest BCUT2D eigenvalue weighted by Crippen LogP contribution is -2.58. The summed E-state index contributed by atoms with van der Waals surface area (Å²) in [5.74, 6) is 2.03. The summed E-state index contributed by atoms with van der Waals surface area (Å²) in [4.78, 5) is 22.0. The fourth-order valence-electron chi connectivity index (χ4n) is 11.6. The molecule has 0 aliphatic heterocycles. The van der Waals surface area contributed by atoms with Crippen molar-refractivity contribution in [3.63, 3.8) is 0 Å². The fourth-order valence-corrected chi connectivity index (χ4v) is 16.6. The maximum atomic E-state index is 13.5. The number of sulfonamides is 2. The maximum absolute atomic E-state index is 13.5. The van der Waals surface area contributed by atoms with Crippen LogP contribution in [0.3, 0.4) is 0 Å². The highest BCUT2D eigenvalue weighted by atomic mass is 32.2. The van der Waals surface area contributed by atoms with Crippen molar-refractivity contribution in [3.05, 3.63) is 90.8 Å². The minimum atomic E-state index is -3.81. The van der Waals surface area contributed by atoms with Gasteiger partial charge in [0.1, 0.15) is 11.6 Å². The highest BCUT2D eigenvalue weighted by Gasteiger charge is 2.55. The standard InChI is InChI=1S/C26H29N5O4S2.C19H23N5O2S/c1-18-2-4-21(5-3-18)37(34,35)30-15-8-22-23(30)27-16-19-17-28-24(31(19)22)25-9-12-26(13-10-25,14-11-25)29-36(32,33)20-6-7-20;25-27(26,14-1-2-14)23-19-7-4-18(5-8-19,6-9-19)17-22-12-13-11-21-16-15(24(13)17)3-10-20-16/h2-5,8,15-17,20,29H,6-7,9-14H2,1H3;3,10-12,14,20,23H,1-2,4-9H2. The molecule has 64 heavy (non-hydrogen) atoms. The predicted octanol–water partition coefficient (Wildman–Crippen LogP) is 6.29. The van der Waals surface area contributed by atoms with Crippen LogP contribution in [0.15, 0.2) is 78.5 Å². The summed E-state index contributed by atoms with van der Waals surface area (Å²) in [6.07, 6.45) is 24.4. The highest BCUT2D eigenvalue weighted by molar-refractivity contribution is 7.90. The van der Waals surface area contributed by atoms with Gasteiger partial charge in [-0.15, -0.1) is 0 Å². The minimum absolute atomic E-state index is 0.0325. The SMILES string of the molecule is Cc1ccc(S(=O)(=O)n2ccc3c2ncc2cnc(C45CCC(NS(=O)(=O)C6CC6)(CC4)CC5)n23)cc1.O=S(=O)(NC12CCC(c3ncc4cnc5[nH]ccc5n34)(CC1)CC2)C1CC1. The van der Waals surface area contributed by atoms with Gasteiger partial charge >= 0.3 is 0 Å². The molecule has 0 spiro atoms. The lowest BCUT2D eigenvalue weighted by molar-refractivity contribution is 0.0885. The Hall–Kier alpha value is -4.69. The molecular weight excluding hydrogens is 873 g/mol. The lowest BCUT2D eigenvalue weighted by atomic mass is 9.57. The molecule has 336 valence electrons. The second kappa shape index (κ2) is 13.9. The molecule has 8 saturated carbocycles. The average molecular weight is 925 g/mol. The van der Waals surface area contributed by atoms with Crippen molar-refractivity contribution >= 4 is 63.4 Å². The van der Waals surface area contributed by atoms with Gasteiger partial charge in [-0.2, -0.15) is 0 Å². The molecule has 0 amide bonds. The van der Waals surface area contributed by atoms with Crippen molar-refractivity contribution in [2.75, 3.05) is 0 Å². The summed E-state index contributed by atoms with van der Waals surface area (Å²) < 4.78 is 89.0. The molecule has 0 atom stereocenters. The van der Waals surface area contributed by atoms with Gasteiger partial charge in [-0.1, -0.05) is 17.7 Å². The van der Waals surface area contributed by atoms with Gasteiger partial charge in [0, 0.05) is 34.3 Å². The van der Waals surface area contributed by atoms with E-state index >= 15 is 0 Å². The number of benzene rings is 1. The molecule has 6 aromatic heterocycles. The first kappa shape index (κ1) is 40.8. The van der Waals surface area contributed by atoms with Crippen LogP contribution in [0.5, 0.6) is 0 Å². The monoisotopic (exact) mass is 924 g/mol. The van der Waals surface area contributed by atoms with E-state index in [0.29, 0.717) is 11.2 Å². The van der Waals surface area contributed by atoms with Crippen LogP contribution in [0.2, 0.25) is 0 Å². The second-order valence-corrected chi connectivity index (χ2v) is 25.6. The number of rotatable bonds is 10. The Bertz CT molecular complexity index is 3310. The third-order valence-electron chi connectivity index (χ3n) is 15.9. The van der Waals surface area contributed by atoms with Crippen molar-refractivity contribution in [1.82, 2.24) is 47.1 Å². The molecule has 16 nitrogen and oxygen atoms in total. The molecule has 19 heteroatoms. The summed E-state index contributed by atoms with van der Waals surface area (Å²) in [7, 11) is -10.2. The third-order valence-corrected chi connectivity index (χ3v) is 21.7. The number of imidazole rings is 2. The van der Waals surface area contributed by atoms with Crippen molar-refractivity contribution in [2.45, 2.75) is 147 Å². The van der Waals surface area contributed by atoms with Crippen molar-refractivity contribution in [1.29, 1.82) is 0 Å². The number of hydrogen-bond donors (Lipinski definition) is 3. The Kier molecular flexibility index (Phi) is 8.87. The molecule has 0 saturated heterocycles. The zero-order valence-electron chi connectivity index (χ0n) is 35.7. The van der Waals surface area contributed by atoms with E-state index in [0.717, 1.165) is 142 Å². The van der Waals surface area contributed by atoms with E-state index in [9.17, 15) is 25.3 Å². The molecule has 1 aromatic carbocycles. The first-order valence-electron chi connectivity index (χ1n) is 22.7. The average Bonchev–Trinajstić information content (AvgIpc) is 4.13. The fraction of sp³-hybridized carbons (Fsp3) is 0.511. The number of aromatic amines is 1. The summed E-state index contributed by atoms with van der Waals surface area (Å²) in [6.45, 7) is 1.92. The zero-order chi connectivity index (χ0) is 43.9. The van der Waals surface area contributed by atoms with Gasteiger partial charge in [0.2, 0.25) is 20.0 Å². The predicted molar refractivity (Wildman–Crippen MR) is 241 cm³/mol. The van der Waals surface area contributed by atoms with Gasteiger partial charge < -0.3 is 4.98 Å². The van der Waals surface area contributed by atoms with Gasteiger partial charge in [-0.05, 0) is 134 Å². The van der Waals surface area contributed by atoms with Crippen LogP contribution >= 0.6 is 0 Å². The first-order valence-corrected chi connectivity index (χ1v) is 27.2. The van der Waals surface area contributed by atoms with Crippen LogP contribution in [-0.4, -0.2) is 84.5 Å². The lowest BCUT2D eigenvalue weighted by Gasteiger charge is -2.52. The highest BCUT2D eigenvalue weighted by Crippen LogP contribution is 2.55. The van der Waals surface area contributed by atoms with Crippen LogP contribution in [0.25, 0.3) is 33.4 Å². The van der Waals surface area contributed by atoms with Crippen molar-refractivity contribution in [3.8, 4) is 0 Å². The van der Waals surface area contributed by atoms with Crippen LogP contribution in [0.4, 0.5) is 0 Å². The molecule has 4 bridgehead atoms. The number of aryl methyl sites for hydroxylation is 1.